The molecule has 4 rings (SSSR count). The minimum atomic E-state index is 0.633. The predicted molar refractivity (Wildman–Crippen MR) is 102 cm³/mol. The van der Waals surface area contributed by atoms with Gasteiger partial charge in [0.05, 0.1) is 24.0 Å². The Bertz CT molecular complexity index is 1120. The van der Waals surface area contributed by atoms with Crippen molar-refractivity contribution in [2.24, 2.45) is 0 Å². The lowest BCUT2D eigenvalue weighted by Crippen LogP contribution is -1.96. The van der Waals surface area contributed by atoms with E-state index in [-0.39, 0.29) is 0 Å². The summed E-state index contributed by atoms with van der Waals surface area (Å²) in [6, 6.07) is 20.1. The maximum atomic E-state index is 7.20. The second kappa shape index (κ2) is 5.92. The van der Waals surface area contributed by atoms with Crippen molar-refractivity contribution in [1.29, 1.82) is 0 Å². The minimum absolute atomic E-state index is 0.633. The molecule has 0 aliphatic heterocycles. The van der Waals surface area contributed by atoms with E-state index in [1.54, 1.807) is 0 Å². The van der Waals surface area contributed by atoms with Crippen molar-refractivity contribution in [3.8, 4) is 16.9 Å². The van der Waals surface area contributed by atoms with E-state index in [9.17, 15) is 0 Å². The van der Waals surface area contributed by atoms with Crippen molar-refractivity contribution in [3.63, 3.8) is 0 Å². The zero-order valence-electron chi connectivity index (χ0n) is 14.2. The fourth-order valence-electron chi connectivity index (χ4n) is 3.27. The van der Waals surface area contributed by atoms with Crippen LogP contribution >= 0.6 is 0 Å². The Morgan fingerprint density at radius 3 is 2.52 bits per heavy atom. The van der Waals surface area contributed by atoms with Crippen molar-refractivity contribution >= 4 is 16.6 Å². The van der Waals surface area contributed by atoms with E-state index in [1.165, 1.54) is 16.6 Å². The average molecular weight is 323 g/mol. The number of aromatic nitrogens is 2. The molecule has 0 radical (unpaired) electrons. The molecule has 4 aromatic rings. The molecule has 0 fully saturated rings. The van der Waals surface area contributed by atoms with Crippen LogP contribution in [-0.4, -0.2) is 9.55 Å². The molecule has 3 nitrogen and oxygen atoms in total. The van der Waals surface area contributed by atoms with Gasteiger partial charge in [0.25, 0.3) is 0 Å². The molecule has 2 aromatic heterocycles. The minimum Gasteiger partial charge on any atom is -0.312 e. The molecular weight excluding hydrogens is 306 g/mol. The number of benzene rings is 2. The summed E-state index contributed by atoms with van der Waals surface area (Å²) in [6.07, 6.45) is 1.93. The largest absolute Gasteiger partial charge is 0.312 e. The van der Waals surface area contributed by atoms with Crippen LogP contribution in [0.25, 0.3) is 32.7 Å². The summed E-state index contributed by atoms with van der Waals surface area (Å²) < 4.78 is 2.25. The Kier molecular flexibility index (Phi) is 3.59. The summed E-state index contributed by atoms with van der Waals surface area (Å²) in [5.74, 6) is 0. The fraction of sp³-hybridized carbons (Fsp3) is 0.0909. The molecule has 3 heteroatoms. The maximum Gasteiger partial charge on any atom is 0.187 e. The van der Waals surface area contributed by atoms with Crippen molar-refractivity contribution in [2.75, 3.05) is 0 Å². The number of fused-ring (bicyclic) bond motifs is 1. The van der Waals surface area contributed by atoms with Crippen LogP contribution in [0.4, 0.5) is 5.69 Å². The first-order valence-electron chi connectivity index (χ1n) is 8.20. The van der Waals surface area contributed by atoms with Crippen LogP contribution in [-0.2, 0) is 0 Å². The van der Waals surface area contributed by atoms with Gasteiger partial charge in [-0.05, 0) is 49.2 Å². The standard InChI is InChI=1S/C22H17N3/c1-15-16(2)25(19-10-5-4-6-11-19)22-14-24-21(13-20(15)22)17-8-7-9-18(12-17)23-3/h4-14H,1-2H3. The molecule has 2 aromatic carbocycles. The Labute approximate surface area is 147 Å². The molecule has 2 heterocycles. The van der Waals surface area contributed by atoms with Crippen LogP contribution in [0.15, 0.2) is 66.9 Å². The molecule has 0 N–H and O–H groups in total. The molecule has 0 saturated heterocycles. The number of para-hydroxylation sites is 1. The van der Waals surface area contributed by atoms with Crippen LogP contribution < -0.4 is 0 Å². The van der Waals surface area contributed by atoms with Crippen LogP contribution in [0.2, 0.25) is 0 Å². The van der Waals surface area contributed by atoms with E-state index in [4.69, 9.17) is 6.57 Å². The highest BCUT2D eigenvalue weighted by molar-refractivity contribution is 5.89. The molecule has 0 aliphatic carbocycles. The van der Waals surface area contributed by atoms with Gasteiger partial charge in [-0.25, -0.2) is 4.85 Å². The number of rotatable bonds is 2. The van der Waals surface area contributed by atoms with Crippen molar-refractivity contribution < 1.29 is 0 Å². The number of pyridine rings is 1. The lowest BCUT2D eigenvalue weighted by atomic mass is 10.1. The first-order chi connectivity index (χ1) is 12.2. The van der Waals surface area contributed by atoms with Gasteiger partial charge < -0.3 is 4.57 Å². The lowest BCUT2D eigenvalue weighted by Gasteiger charge is -2.08. The van der Waals surface area contributed by atoms with Gasteiger partial charge in [-0.2, -0.15) is 0 Å². The smallest absolute Gasteiger partial charge is 0.187 e. The molecule has 0 amide bonds. The normalized spacial score (nSPS) is 10.8. The topological polar surface area (TPSA) is 22.2 Å². The Hall–Kier alpha value is -3.38. The SMILES string of the molecule is [C-]#[N+]c1cccc(-c2cc3c(C)c(C)n(-c4ccccc4)c3cn2)c1. The highest BCUT2D eigenvalue weighted by atomic mass is 15.0. The number of nitrogens with zero attached hydrogens (tertiary/aromatic N) is 3. The van der Waals surface area contributed by atoms with Crippen molar-refractivity contribution in [1.82, 2.24) is 9.55 Å². The zero-order valence-corrected chi connectivity index (χ0v) is 14.2. The number of hydrogen-bond donors (Lipinski definition) is 0. The second-order valence-corrected chi connectivity index (χ2v) is 6.13. The molecular formula is C22H17N3. The van der Waals surface area contributed by atoms with Gasteiger partial charge in [0.1, 0.15) is 0 Å². The maximum absolute atomic E-state index is 7.20. The molecule has 0 atom stereocenters. The summed E-state index contributed by atoms with van der Waals surface area (Å²) >= 11 is 0. The van der Waals surface area contributed by atoms with Gasteiger partial charge in [-0.1, -0.05) is 36.4 Å². The van der Waals surface area contributed by atoms with Gasteiger partial charge in [0, 0.05) is 16.8 Å². The molecule has 25 heavy (non-hydrogen) atoms. The lowest BCUT2D eigenvalue weighted by molar-refractivity contribution is 1.04. The molecule has 0 bridgehead atoms. The predicted octanol–water partition coefficient (Wildman–Crippen LogP) is 5.86. The van der Waals surface area contributed by atoms with E-state index >= 15 is 0 Å². The summed E-state index contributed by atoms with van der Waals surface area (Å²) in [5, 5.41) is 1.19. The van der Waals surface area contributed by atoms with Gasteiger partial charge in [0.2, 0.25) is 0 Å². The van der Waals surface area contributed by atoms with E-state index in [1.807, 2.05) is 48.7 Å². The van der Waals surface area contributed by atoms with Crippen LogP contribution in [0, 0.1) is 20.4 Å². The molecule has 120 valence electrons. The van der Waals surface area contributed by atoms with Crippen LogP contribution in [0.3, 0.4) is 0 Å². The van der Waals surface area contributed by atoms with Crippen molar-refractivity contribution in [3.05, 3.63) is 89.5 Å². The summed E-state index contributed by atoms with van der Waals surface area (Å²) in [7, 11) is 0. The first-order valence-corrected chi connectivity index (χ1v) is 8.20. The van der Waals surface area contributed by atoms with E-state index in [0.717, 1.165) is 22.5 Å². The molecule has 0 saturated carbocycles. The third kappa shape index (κ3) is 2.49. The molecule has 0 unspecified atom stereocenters. The third-order valence-electron chi connectivity index (χ3n) is 4.69. The quantitative estimate of drug-likeness (QED) is 0.423. The first kappa shape index (κ1) is 15.2. The second-order valence-electron chi connectivity index (χ2n) is 6.13. The van der Waals surface area contributed by atoms with E-state index < -0.39 is 0 Å². The Balaban J connectivity index is 1.93. The highest BCUT2D eigenvalue weighted by Gasteiger charge is 2.14. The highest BCUT2D eigenvalue weighted by Crippen LogP contribution is 2.31. The third-order valence-corrected chi connectivity index (χ3v) is 4.69. The summed E-state index contributed by atoms with van der Waals surface area (Å²) in [4.78, 5) is 8.18. The average Bonchev–Trinajstić information content (AvgIpc) is 2.93. The monoisotopic (exact) mass is 323 g/mol. The van der Waals surface area contributed by atoms with Gasteiger partial charge in [-0.3, -0.25) is 4.98 Å². The van der Waals surface area contributed by atoms with Crippen LogP contribution in [0.5, 0.6) is 0 Å². The van der Waals surface area contributed by atoms with Crippen molar-refractivity contribution in [2.45, 2.75) is 13.8 Å². The van der Waals surface area contributed by atoms with Gasteiger partial charge in [0.15, 0.2) is 5.69 Å². The van der Waals surface area contributed by atoms with Gasteiger partial charge >= 0.3 is 0 Å². The molecule has 0 aliphatic rings. The summed E-state index contributed by atoms with van der Waals surface area (Å²) in [5.41, 5.74) is 7.22. The summed E-state index contributed by atoms with van der Waals surface area (Å²) in [6.45, 7) is 11.5. The van der Waals surface area contributed by atoms with Gasteiger partial charge in [-0.15, -0.1) is 0 Å². The van der Waals surface area contributed by atoms with E-state index in [0.29, 0.717) is 5.69 Å². The molecule has 0 spiro atoms. The number of aryl methyl sites for hydroxylation is 1. The zero-order chi connectivity index (χ0) is 17.4. The fourth-order valence-corrected chi connectivity index (χ4v) is 3.27. The Morgan fingerprint density at radius 2 is 1.76 bits per heavy atom. The van der Waals surface area contributed by atoms with Crippen LogP contribution in [0.1, 0.15) is 11.3 Å². The number of hydrogen-bond acceptors (Lipinski definition) is 1. The van der Waals surface area contributed by atoms with E-state index in [2.05, 4.69) is 46.4 Å². The Morgan fingerprint density at radius 1 is 0.960 bits per heavy atom.